The molecule has 100 valence electrons. The first kappa shape index (κ1) is 13.3. The third-order valence-corrected chi connectivity index (χ3v) is 2.98. The Hall–Kier alpha value is -2.17. The number of aryl methyl sites for hydroxylation is 2. The smallest absolute Gasteiger partial charge is 0.354 e. The molecule has 2 rings (SSSR count). The van der Waals surface area contributed by atoms with Crippen molar-refractivity contribution >= 4 is 5.95 Å². The SMILES string of the molecule is CCNc1ncn(-c2c(C)cccc2CC)c(=O)n1. The summed E-state index contributed by atoms with van der Waals surface area (Å²) in [7, 11) is 0. The first-order valence-electron chi connectivity index (χ1n) is 6.45. The summed E-state index contributed by atoms with van der Waals surface area (Å²) in [5, 5.41) is 2.93. The number of hydrogen-bond donors (Lipinski definition) is 1. The zero-order valence-electron chi connectivity index (χ0n) is 11.5. The summed E-state index contributed by atoms with van der Waals surface area (Å²) < 4.78 is 1.51. The topological polar surface area (TPSA) is 59.8 Å². The van der Waals surface area contributed by atoms with Crippen molar-refractivity contribution in [3.63, 3.8) is 0 Å². The molecule has 5 nitrogen and oxygen atoms in total. The van der Waals surface area contributed by atoms with Crippen LogP contribution in [0.25, 0.3) is 5.69 Å². The van der Waals surface area contributed by atoms with Gasteiger partial charge < -0.3 is 5.32 Å². The van der Waals surface area contributed by atoms with Gasteiger partial charge in [-0.05, 0) is 31.4 Å². The van der Waals surface area contributed by atoms with Gasteiger partial charge >= 0.3 is 5.69 Å². The largest absolute Gasteiger partial charge is 0.356 e. The molecule has 0 radical (unpaired) electrons. The van der Waals surface area contributed by atoms with Gasteiger partial charge in [-0.2, -0.15) is 4.98 Å². The van der Waals surface area contributed by atoms with Gasteiger partial charge in [0.05, 0.1) is 5.69 Å². The molecule has 1 aromatic carbocycles. The molecule has 0 fully saturated rings. The third-order valence-electron chi connectivity index (χ3n) is 2.98. The predicted molar refractivity (Wildman–Crippen MR) is 75.9 cm³/mol. The van der Waals surface area contributed by atoms with Crippen molar-refractivity contribution in [2.24, 2.45) is 0 Å². The summed E-state index contributed by atoms with van der Waals surface area (Å²) in [6.45, 7) is 6.68. The normalized spacial score (nSPS) is 10.5. The lowest BCUT2D eigenvalue weighted by molar-refractivity contribution is 0.840. The van der Waals surface area contributed by atoms with Gasteiger partial charge in [-0.3, -0.25) is 4.57 Å². The molecular weight excluding hydrogens is 240 g/mol. The summed E-state index contributed by atoms with van der Waals surface area (Å²) in [4.78, 5) is 20.2. The van der Waals surface area contributed by atoms with Gasteiger partial charge in [-0.1, -0.05) is 25.1 Å². The van der Waals surface area contributed by atoms with Gasteiger partial charge in [0.1, 0.15) is 6.33 Å². The first-order valence-corrected chi connectivity index (χ1v) is 6.45. The number of anilines is 1. The molecule has 1 heterocycles. The average Bonchev–Trinajstić information content (AvgIpc) is 2.40. The van der Waals surface area contributed by atoms with E-state index < -0.39 is 0 Å². The second kappa shape index (κ2) is 5.65. The lowest BCUT2D eigenvalue weighted by Crippen LogP contribution is -2.25. The second-order valence-corrected chi connectivity index (χ2v) is 4.30. The highest BCUT2D eigenvalue weighted by atomic mass is 16.1. The van der Waals surface area contributed by atoms with E-state index in [9.17, 15) is 4.79 Å². The maximum atomic E-state index is 12.1. The van der Waals surface area contributed by atoms with Crippen LogP contribution in [-0.4, -0.2) is 21.1 Å². The van der Waals surface area contributed by atoms with Crippen molar-refractivity contribution in [1.29, 1.82) is 0 Å². The Morgan fingerprint density at radius 1 is 1.32 bits per heavy atom. The van der Waals surface area contributed by atoms with E-state index in [0.717, 1.165) is 23.2 Å². The molecule has 0 atom stereocenters. The van der Waals surface area contributed by atoms with Crippen molar-refractivity contribution in [2.45, 2.75) is 27.2 Å². The molecule has 0 saturated carbocycles. The highest BCUT2D eigenvalue weighted by Crippen LogP contribution is 2.18. The molecule has 1 N–H and O–H groups in total. The van der Waals surface area contributed by atoms with Gasteiger partial charge in [-0.25, -0.2) is 9.78 Å². The lowest BCUT2D eigenvalue weighted by atomic mass is 10.1. The van der Waals surface area contributed by atoms with E-state index in [1.807, 2.05) is 32.0 Å². The minimum Gasteiger partial charge on any atom is -0.354 e. The highest BCUT2D eigenvalue weighted by molar-refractivity contribution is 5.47. The molecule has 0 amide bonds. The summed E-state index contributed by atoms with van der Waals surface area (Å²) in [5.74, 6) is 0.371. The fourth-order valence-electron chi connectivity index (χ4n) is 2.08. The van der Waals surface area contributed by atoms with Gasteiger partial charge in [0, 0.05) is 6.54 Å². The first-order chi connectivity index (χ1) is 9.17. The van der Waals surface area contributed by atoms with Crippen LogP contribution < -0.4 is 11.0 Å². The summed E-state index contributed by atoms with van der Waals surface area (Å²) in [5.41, 5.74) is 2.73. The molecule has 1 aromatic heterocycles. The van der Waals surface area contributed by atoms with Gasteiger partial charge in [-0.15, -0.1) is 0 Å². The Bertz CT molecular complexity index is 634. The summed E-state index contributed by atoms with van der Waals surface area (Å²) >= 11 is 0. The number of benzene rings is 1. The van der Waals surface area contributed by atoms with Crippen LogP contribution >= 0.6 is 0 Å². The number of nitrogens with zero attached hydrogens (tertiary/aromatic N) is 3. The predicted octanol–water partition coefficient (Wildman–Crippen LogP) is 1.93. The standard InChI is InChI=1S/C14H18N4O/c1-4-11-8-6-7-10(3)12(11)18-9-16-13(15-5-2)17-14(18)19/h6-9H,4-5H2,1-3H3,(H,15,17,19). The van der Waals surface area contributed by atoms with Crippen molar-refractivity contribution in [1.82, 2.24) is 14.5 Å². The molecule has 2 aromatic rings. The molecule has 5 heteroatoms. The number of nitrogens with one attached hydrogen (secondary N) is 1. The lowest BCUT2D eigenvalue weighted by Gasteiger charge is -2.13. The van der Waals surface area contributed by atoms with Crippen LogP contribution in [0.15, 0.2) is 29.3 Å². The molecule has 0 aliphatic rings. The second-order valence-electron chi connectivity index (χ2n) is 4.30. The maximum Gasteiger partial charge on any atom is 0.356 e. The number of rotatable bonds is 4. The Labute approximate surface area is 112 Å². The minimum absolute atomic E-state index is 0.310. The Morgan fingerprint density at radius 2 is 2.11 bits per heavy atom. The molecule has 0 bridgehead atoms. The van der Waals surface area contributed by atoms with E-state index in [0.29, 0.717) is 12.5 Å². The Kier molecular flexibility index (Phi) is 3.94. The van der Waals surface area contributed by atoms with Crippen molar-refractivity contribution < 1.29 is 0 Å². The van der Waals surface area contributed by atoms with E-state index in [2.05, 4.69) is 22.2 Å². The zero-order chi connectivity index (χ0) is 13.8. The molecule has 0 aliphatic carbocycles. The van der Waals surface area contributed by atoms with Gasteiger partial charge in [0.25, 0.3) is 0 Å². The molecular formula is C14H18N4O. The molecule has 0 saturated heterocycles. The maximum absolute atomic E-state index is 12.1. The fraction of sp³-hybridized carbons (Fsp3) is 0.357. The summed E-state index contributed by atoms with van der Waals surface area (Å²) in [6.07, 6.45) is 2.40. The van der Waals surface area contributed by atoms with Crippen LogP contribution in [0.5, 0.6) is 0 Å². The monoisotopic (exact) mass is 258 g/mol. The van der Waals surface area contributed by atoms with Crippen LogP contribution in [0.1, 0.15) is 25.0 Å². The van der Waals surface area contributed by atoms with Crippen LogP contribution in [0, 0.1) is 6.92 Å². The average molecular weight is 258 g/mol. The van der Waals surface area contributed by atoms with Crippen molar-refractivity contribution in [3.05, 3.63) is 46.1 Å². The number of hydrogen-bond acceptors (Lipinski definition) is 4. The van der Waals surface area contributed by atoms with Crippen LogP contribution in [-0.2, 0) is 6.42 Å². The fourth-order valence-corrected chi connectivity index (χ4v) is 2.08. The quantitative estimate of drug-likeness (QED) is 0.910. The van der Waals surface area contributed by atoms with Gasteiger partial charge in [0.2, 0.25) is 5.95 Å². The molecule has 19 heavy (non-hydrogen) atoms. The summed E-state index contributed by atoms with van der Waals surface area (Å²) in [6, 6.07) is 6.00. The van der Waals surface area contributed by atoms with E-state index >= 15 is 0 Å². The third kappa shape index (κ3) is 2.65. The number of aromatic nitrogens is 3. The molecule has 0 unspecified atom stereocenters. The molecule has 0 spiro atoms. The van der Waals surface area contributed by atoms with Crippen LogP contribution in [0.3, 0.4) is 0 Å². The van der Waals surface area contributed by atoms with E-state index in [1.165, 1.54) is 10.9 Å². The van der Waals surface area contributed by atoms with Gasteiger partial charge in [0.15, 0.2) is 0 Å². The minimum atomic E-state index is -0.310. The van der Waals surface area contributed by atoms with Crippen molar-refractivity contribution in [2.75, 3.05) is 11.9 Å². The Balaban J connectivity index is 2.57. The number of para-hydroxylation sites is 1. The van der Waals surface area contributed by atoms with E-state index in [4.69, 9.17) is 0 Å². The van der Waals surface area contributed by atoms with Crippen LogP contribution in [0.4, 0.5) is 5.95 Å². The van der Waals surface area contributed by atoms with E-state index in [-0.39, 0.29) is 5.69 Å². The molecule has 0 aliphatic heterocycles. The van der Waals surface area contributed by atoms with E-state index in [1.54, 1.807) is 0 Å². The van der Waals surface area contributed by atoms with Crippen molar-refractivity contribution in [3.8, 4) is 5.69 Å². The zero-order valence-corrected chi connectivity index (χ0v) is 11.5. The highest BCUT2D eigenvalue weighted by Gasteiger charge is 2.09. The van der Waals surface area contributed by atoms with Crippen LogP contribution in [0.2, 0.25) is 0 Å². The Morgan fingerprint density at radius 3 is 2.74 bits per heavy atom.